The number of hydrogen-bond donors (Lipinski definition) is 1. The van der Waals surface area contributed by atoms with Crippen molar-refractivity contribution in [3.05, 3.63) is 47.0 Å². The van der Waals surface area contributed by atoms with Gasteiger partial charge in [-0.15, -0.1) is 0 Å². The van der Waals surface area contributed by atoms with E-state index in [0.29, 0.717) is 0 Å². The summed E-state index contributed by atoms with van der Waals surface area (Å²) in [4.78, 5) is 10.8. The van der Waals surface area contributed by atoms with Gasteiger partial charge in [0.1, 0.15) is 0 Å². The summed E-state index contributed by atoms with van der Waals surface area (Å²) < 4.78 is 0. The van der Waals surface area contributed by atoms with E-state index in [1.54, 1.807) is 0 Å². The standard InChI is InChI=1S/C14H14O2/c1-9-3-6-12-11(7-9)5-4-10(2)13(12)8-14(15)16/h3-7H,8H2,1-2H3,(H,15,16). The number of aryl methyl sites for hydroxylation is 2. The van der Waals surface area contributed by atoms with Crippen LogP contribution in [0.25, 0.3) is 10.8 Å². The summed E-state index contributed by atoms with van der Waals surface area (Å²) in [6.45, 7) is 3.99. The summed E-state index contributed by atoms with van der Waals surface area (Å²) >= 11 is 0. The van der Waals surface area contributed by atoms with Crippen molar-refractivity contribution in [2.45, 2.75) is 20.3 Å². The van der Waals surface area contributed by atoms with E-state index < -0.39 is 5.97 Å². The lowest BCUT2D eigenvalue weighted by atomic mass is 9.96. The van der Waals surface area contributed by atoms with E-state index in [0.717, 1.165) is 21.9 Å². The first-order valence-electron chi connectivity index (χ1n) is 5.28. The maximum Gasteiger partial charge on any atom is 0.307 e. The Bertz CT molecular complexity index is 556. The number of aliphatic carboxylic acids is 1. The third-order valence-corrected chi connectivity index (χ3v) is 2.85. The van der Waals surface area contributed by atoms with Crippen LogP contribution in [0.2, 0.25) is 0 Å². The lowest BCUT2D eigenvalue weighted by molar-refractivity contribution is -0.136. The minimum absolute atomic E-state index is 0.0895. The number of carboxylic acid groups (broad SMARTS) is 1. The maximum absolute atomic E-state index is 10.8. The average molecular weight is 214 g/mol. The number of carboxylic acids is 1. The summed E-state index contributed by atoms with van der Waals surface area (Å²) in [6.07, 6.45) is 0.0895. The predicted molar refractivity (Wildman–Crippen MR) is 64.8 cm³/mol. The molecule has 0 spiro atoms. The molecule has 0 fully saturated rings. The van der Waals surface area contributed by atoms with E-state index in [1.165, 1.54) is 5.56 Å². The van der Waals surface area contributed by atoms with Crippen LogP contribution >= 0.6 is 0 Å². The quantitative estimate of drug-likeness (QED) is 0.834. The van der Waals surface area contributed by atoms with Crippen LogP contribution in [0.4, 0.5) is 0 Å². The molecule has 0 atom stereocenters. The first kappa shape index (κ1) is 10.7. The second-order valence-electron chi connectivity index (χ2n) is 4.16. The first-order valence-corrected chi connectivity index (χ1v) is 5.28. The van der Waals surface area contributed by atoms with Gasteiger partial charge in [0.2, 0.25) is 0 Å². The minimum atomic E-state index is -0.781. The average Bonchev–Trinajstić information content (AvgIpc) is 2.22. The molecular formula is C14H14O2. The molecule has 0 aromatic heterocycles. The fourth-order valence-electron chi connectivity index (χ4n) is 2.01. The van der Waals surface area contributed by atoms with Gasteiger partial charge in [0.05, 0.1) is 6.42 Å². The molecule has 2 nitrogen and oxygen atoms in total. The van der Waals surface area contributed by atoms with Crippen molar-refractivity contribution < 1.29 is 9.90 Å². The van der Waals surface area contributed by atoms with Gasteiger partial charge in [-0.05, 0) is 35.7 Å². The third-order valence-electron chi connectivity index (χ3n) is 2.85. The van der Waals surface area contributed by atoms with Gasteiger partial charge >= 0.3 is 5.97 Å². The Morgan fingerprint density at radius 1 is 1.19 bits per heavy atom. The zero-order chi connectivity index (χ0) is 11.7. The normalized spacial score (nSPS) is 10.6. The van der Waals surface area contributed by atoms with Crippen LogP contribution in [-0.2, 0) is 11.2 Å². The monoisotopic (exact) mass is 214 g/mol. The Hall–Kier alpha value is -1.83. The highest BCUT2D eigenvalue weighted by molar-refractivity contribution is 5.90. The Labute approximate surface area is 94.5 Å². The summed E-state index contributed by atoms with van der Waals surface area (Å²) in [7, 11) is 0. The van der Waals surface area contributed by atoms with Crippen LogP contribution in [0, 0.1) is 13.8 Å². The Morgan fingerprint density at radius 2 is 1.94 bits per heavy atom. The van der Waals surface area contributed by atoms with Gasteiger partial charge in [0.15, 0.2) is 0 Å². The van der Waals surface area contributed by atoms with E-state index in [4.69, 9.17) is 5.11 Å². The number of hydrogen-bond acceptors (Lipinski definition) is 1. The van der Waals surface area contributed by atoms with Gasteiger partial charge in [-0.3, -0.25) is 4.79 Å². The Balaban J connectivity index is 2.69. The van der Waals surface area contributed by atoms with E-state index in [2.05, 4.69) is 6.07 Å². The van der Waals surface area contributed by atoms with Crippen LogP contribution in [0.3, 0.4) is 0 Å². The van der Waals surface area contributed by atoms with Crippen LogP contribution in [-0.4, -0.2) is 11.1 Å². The molecule has 0 aliphatic carbocycles. The Kier molecular flexibility index (Phi) is 2.65. The number of benzene rings is 2. The molecule has 0 unspecified atom stereocenters. The van der Waals surface area contributed by atoms with E-state index in [1.807, 2.05) is 38.1 Å². The topological polar surface area (TPSA) is 37.3 Å². The largest absolute Gasteiger partial charge is 0.481 e. The first-order chi connectivity index (χ1) is 7.58. The molecule has 2 heteroatoms. The van der Waals surface area contributed by atoms with Crippen molar-refractivity contribution in [2.24, 2.45) is 0 Å². The molecule has 0 aliphatic heterocycles. The zero-order valence-corrected chi connectivity index (χ0v) is 9.45. The van der Waals surface area contributed by atoms with Crippen LogP contribution in [0.1, 0.15) is 16.7 Å². The van der Waals surface area contributed by atoms with E-state index in [9.17, 15) is 4.79 Å². The molecule has 2 aromatic carbocycles. The molecule has 0 radical (unpaired) electrons. The highest BCUT2D eigenvalue weighted by atomic mass is 16.4. The molecule has 0 aliphatic rings. The fourth-order valence-corrected chi connectivity index (χ4v) is 2.01. The van der Waals surface area contributed by atoms with Crippen LogP contribution in [0.15, 0.2) is 30.3 Å². The molecular weight excluding hydrogens is 200 g/mol. The summed E-state index contributed by atoms with van der Waals surface area (Å²) in [6, 6.07) is 10.1. The lowest BCUT2D eigenvalue weighted by Gasteiger charge is -2.08. The molecule has 0 saturated heterocycles. The zero-order valence-electron chi connectivity index (χ0n) is 9.45. The van der Waals surface area contributed by atoms with Crippen molar-refractivity contribution in [2.75, 3.05) is 0 Å². The molecule has 0 heterocycles. The van der Waals surface area contributed by atoms with Gasteiger partial charge in [-0.2, -0.15) is 0 Å². The van der Waals surface area contributed by atoms with Crippen LogP contribution < -0.4 is 0 Å². The van der Waals surface area contributed by atoms with Crippen molar-refractivity contribution in [1.82, 2.24) is 0 Å². The van der Waals surface area contributed by atoms with Crippen LogP contribution in [0.5, 0.6) is 0 Å². The van der Waals surface area contributed by atoms with Crippen molar-refractivity contribution in [1.29, 1.82) is 0 Å². The second kappa shape index (κ2) is 3.97. The fraction of sp³-hybridized carbons (Fsp3) is 0.214. The second-order valence-corrected chi connectivity index (χ2v) is 4.16. The maximum atomic E-state index is 10.8. The van der Waals surface area contributed by atoms with Crippen molar-refractivity contribution >= 4 is 16.7 Å². The number of carbonyl (C=O) groups is 1. The SMILES string of the molecule is Cc1ccc2c(CC(=O)O)c(C)ccc2c1. The molecule has 2 rings (SSSR count). The van der Waals surface area contributed by atoms with Gasteiger partial charge in [0, 0.05) is 0 Å². The summed E-state index contributed by atoms with van der Waals surface area (Å²) in [5.41, 5.74) is 3.15. The molecule has 0 amide bonds. The highest BCUT2D eigenvalue weighted by Gasteiger charge is 2.08. The predicted octanol–water partition coefficient (Wildman–Crippen LogP) is 3.08. The van der Waals surface area contributed by atoms with Gasteiger partial charge in [-0.1, -0.05) is 35.9 Å². The van der Waals surface area contributed by atoms with E-state index >= 15 is 0 Å². The smallest absolute Gasteiger partial charge is 0.307 e. The Morgan fingerprint density at radius 3 is 2.62 bits per heavy atom. The summed E-state index contributed by atoms with van der Waals surface area (Å²) in [5, 5.41) is 11.1. The third kappa shape index (κ3) is 1.91. The number of rotatable bonds is 2. The van der Waals surface area contributed by atoms with E-state index in [-0.39, 0.29) is 6.42 Å². The molecule has 16 heavy (non-hydrogen) atoms. The molecule has 2 aromatic rings. The van der Waals surface area contributed by atoms with Gasteiger partial charge in [0.25, 0.3) is 0 Å². The highest BCUT2D eigenvalue weighted by Crippen LogP contribution is 2.23. The minimum Gasteiger partial charge on any atom is -0.481 e. The van der Waals surface area contributed by atoms with Crippen molar-refractivity contribution in [3.63, 3.8) is 0 Å². The van der Waals surface area contributed by atoms with Gasteiger partial charge < -0.3 is 5.11 Å². The lowest BCUT2D eigenvalue weighted by Crippen LogP contribution is -2.02. The molecule has 82 valence electrons. The molecule has 0 saturated carbocycles. The van der Waals surface area contributed by atoms with Crippen molar-refractivity contribution in [3.8, 4) is 0 Å². The number of fused-ring (bicyclic) bond motifs is 1. The van der Waals surface area contributed by atoms with Gasteiger partial charge in [-0.25, -0.2) is 0 Å². The molecule has 1 N–H and O–H groups in total. The molecule has 0 bridgehead atoms. The summed E-state index contributed by atoms with van der Waals surface area (Å²) in [5.74, 6) is -0.781.